The van der Waals surface area contributed by atoms with E-state index in [0.29, 0.717) is 23.3 Å². The molecule has 3 N–H and O–H groups in total. The van der Waals surface area contributed by atoms with Crippen LogP contribution in [0.5, 0.6) is 11.5 Å². The first-order chi connectivity index (χ1) is 14.4. The summed E-state index contributed by atoms with van der Waals surface area (Å²) < 4.78 is 12.8. The fourth-order valence-corrected chi connectivity index (χ4v) is 4.33. The van der Waals surface area contributed by atoms with E-state index in [9.17, 15) is 0 Å². The molecule has 8 nitrogen and oxygen atoms in total. The van der Waals surface area contributed by atoms with Crippen molar-refractivity contribution in [1.82, 2.24) is 25.5 Å². The van der Waals surface area contributed by atoms with E-state index in [-0.39, 0.29) is 11.6 Å². The SMILES string of the molecule is COc1ccc(C(NCC2CCCC(CN)C2)c2nnnn2C(C)(C)C)cc1OC. The number of tetrazole rings is 1. The van der Waals surface area contributed by atoms with Crippen molar-refractivity contribution < 1.29 is 9.47 Å². The van der Waals surface area contributed by atoms with E-state index in [2.05, 4.69) is 41.6 Å². The lowest BCUT2D eigenvalue weighted by atomic mass is 9.81. The lowest BCUT2D eigenvalue weighted by Gasteiger charge is -2.31. The Balaban J connectivity index is 1.91. The van der Waals surface area contributed by atoms with Crippen LogP contribution in [0.4, 0.5) is 0 Å². The summed E-state index contributed by atoms with van der Waals surface area (Å²) in [6, 6.07) is 5.82. The van der Waals surface area contributed by atoms with Crippen molar-refractivity contribution in [2.45, 2.75) is 58.0 Å². The quantitative estimate of drug-likeness (QED) is 0.682. The molecule has 2 aromatic rings. The molecular weight excluding hydrogens is 380 g/mol. The molecular formula is C22H36N6O2. The first kappa shape index (κ1) is 22.5. The molecule has 0 spiro atoms. The first-order valence-corrected chi connectivity index (χ1v) is 10.8. The van der Waals surface area contributed by atoms with E-state index in [0.717, 1.165) is 24.5 Å². The third kappa shape index (κ3) is 5.10. The Labute approximate surface area is 179 Å². The predicted octanol–water partition coefficient (Wildman–Crippen LogP) is 2.89. The zero-order chi connectivity index (χ0) is 21.7. The molecule has 1 saturated carbocycles. The summed E-state index contributed by atoms with van der Waals surface area (Å²) in [5, 5.41) is 16.4. The number of ether oxygens (including phenoxy) is 2. The number of hydrogen-bond acceptors (Lipinski definition) is 7. The summed E-state index contributed by atoms with van der Waals surface area (Å²) in [5.74, 6) is 3.42. The van der Waals surface area contributed by atoms with Gasteiger partial charge in [-0.3, -0.25) is 0 Å². The third-order valence-electron chi connectivity index (χ3n) is 5.96. The van der Waals surface area contributed by atoms with Crippen LogP contribution in [0.25, 0.3) is 0 Å². The van der Waals surface area contributed by atoms with Gasteiger partial charge in [0, 0.05) is 0 Å². The Hall–Kier alpha value is -2.19. The number of aromatic nitrogens is 4. The highest BCUT2D eigenvalue weighted by atomic mass is 16.5. The number of rotatable bonds is 8. The van der Waals surface area contributed by atoms with Crippen molar-refractivity contribution in [2.24, 2.45) is 17.6 Å². The van der Waals surface area contributed by atoms with Gasteiger partial charge in [-0.1, -0.05) is 12.5 Å². The Morgan fingerprint density at radius 2 is 1.90 bits per heavy atom. The molecule has 30 heavy (non-hydrogen) atoms. The maximum absolute atomic E-state index is 5.94. The monoisotopic (exact) mass is 416 g/mol. The van der Waals surface area contributed by atoms with E-state index in [1.807, 2.05) is 22.9 Å². The van der Waals surface area contributed by atoms with Crippen LogP contribution in [0.1, 0.15) is 63.9 Å². The second-order valence-corrected chi connectivity index (χ2v) is 9.21. The summed E-state index contributed by atoms with van der Waals surface area (Å²) in [4.78, 5) is 0. The molecule has 0 bridgehead atoms. The number of nitrogens with two attached hydrogens (primary N) is 1. The average molecular weight is 417 g/mol. The zero-order valence-electron chi connectivity index (χ0n) is 18.9. The van der Waals surface area contributed by atoms with Gasteiger partial charge >= 0.3 is 0 Å². The van der Waals surface area contributed by atoms with Gasteiger partial charge in [0.05, 0.1) is 25.8 Å². The van der Waals surface area contributed by atoms with Crippen LogP contribution in [-0.4, -0.2) is 47.5 Å². The van der Waals surface area contributed by atoms with Crippen molar-refractivity contribution in [3.8, 4) is 11.5 Å². The summed E-state index contributed by atoms with van der Waals surface area (Å²) in [7, 11) is 3.29. The molecule has 166 valence electrons. The molecule has 3 unspecified atom stereocenters. The zero-order valence-corrected chi connectivity index (χ0v) is 18.9. The maximum Gasteiger partial charge on any atom is 0.173 e. The van der Waals surface area contributed by atoms with Crippen LogP contribution >= 0.6 is 0 Å². The smallest absolute Gasteiger partial charge is 0.173 e. The third-order valence-corrected chi connectivity index (χ3v) is 5.96. The van der Waals surface area contributed by atoms with Gasteiger partial charge < -0.3 is 20.5 Å². The Kier molecular flexibility index (Phi) is 7.31. The van der Waals surface area contributed by atoms with Crippen LogP contribution in [0.15, 0.2) is 18.2 Å². The van der Waals surface area contributed by atoms with Crippen LogP contribution in [-0.2, 0) is 5.54 Å². The van der Waals surface area contributed by atoms with Crippen LogP contribution in [0.3, 0.4) is 0 Å². The molecule has 8 heteroatoms. The van der Waals surface area contributed by atoms with Gasteiger partial charge in [-0.15, -0.1) is 5.10 Å². The van der Waals surface area contributed by atoms with Gasteiger partial charge in [-0.25, -0.2) is 4.68 Å². The van der Waals surface area contributed by atoms with Crippen molar-refractivity contribution >= 4 is 0 Å². The lowest BCUT2D eigenvalue weighted by Crippen LogP contribution is -2.35. The van der Waals surface area contributed by atoms with E-state index in [1.54, 1.807) is 14.2 Å². The molecule has 1 fully saturated rings. The topological polar surface area (TPSA) is 100 Å². The van der Waals surface area contributed by atoms with Gasteiger partial charge in [0.1, 0.15) is 0 Å². The molecule has 0 radical (unpaired) electrons. The molecule has 3 rings (SSSR count). The normalized spacial score (nSPS) is 20.7. The Morgan fingerprint density at radius 1 is 1.17 bits per heavy atom. The van der Waals surface area contributed by atoms with Crippen molar-refractivity contribution in [1.29, 1.82) is 0 Å². The molecule has 1 aliphatic carbocycles. The number of nitrogens with one attached hydrogen (secondary N) is 1. The van der Waals surface area contributed by atoms with Gasteiger partial charge in [0.15, 0.2) is 17.3 Å². The minimum Gasteiger partial charge on any atom is -0.493 e. The minimum absolute atomic E-state index is 0.155. The highest BCUT2D eigenvalue weighted by molar-refractivity contribution is 5.44. The Morgan fingerprint density at radius 3 is 2.57 bits per heavy atom. The summed E-state index contributed by atoms with van der Waals surface area (Å²) in [5.41, 5.74) is 6.75. The molecule has 1 aromatic heterocycles. The van der Waals surface area contributed by atoms with Gasteiger partial charge in [-0.2, -0.15) is 0 Å². The molecule has 0 aliphatic heterocycles. The molecule has 0 amide bonds. The predicted molar refractivity (Wildman–Crippen MR) is 117 cm³/mol. The first-order valence-electron chi connectivity index (χ1n) is 10.8. The largest absolute Gasteiger partial charge is 0.493 e. The second kappa shape index (κ2) is 9.75. The van der Waals surface area contributed by atoms with Gasteiger partial charge in [0.2, 0.25) is 0 Å². The highest BCUT2D eigenvalue weighted by Gasteiger charge is 2.29. The van der Waals surface area contributed by atoms with Crippen molar-refractivity contribution in [2.75, 3.05) is 27.3 Å². The highest BCUT2D eigenvalue weighted by Crippen LogP contribution is 2.34. The van der Waals surface area contributed by atoms with E-state index < -0.39 is 0 Å². The van der Waals surface area contributed by atoms with Crippen molar-refractivity contribution in [3.05, 3.63) is 29.6 Å². The Bertz CT molecular complexity index is 816. The number of methoxy groups -OCH3 is 2. The average Bonchev–Trinajstić information content (AvgIpc) is 3.24. The number of benzene rings is 1. The maximum atomic E-state index is 5.94. The van der Waals surface area contributed by atoms with Crippen molar-refractivity contribution in [3.63, 3.8) is 0 Å². The van der Waals surface area contributed by atoms with Crippen LogP contribution in [0.2, 0.25) is 0 Å². The number of nitrogens with zero attached hydrogens (tertiary/aromatic N) is 4. The molecule has 1 aliphatic rings. The fourth-order valence-electron chi connectivity index (χ4n) is 4.33. The lowest BCUT2D eigenvalue weighted by molar-refractivity contribution is 0.256. The van der Waals surface area contributed by atoms with Gasteiger partial charge in [-0.05, 0) is 93.1 Å². The fraction of sp³-hybridized carbons (Fsp3) is 0.682. The summed E-state index contributed by atoms with van der Waals surface area (Å²) >= 11 is 0. The van der Waals surface area contributed by atoms with E-state index >= 15 is 0 Å². The van der Waals surface area contributed by atoms with Gasteiger partial charge in [0.25, 0.3) is 0 Å². The number of hydrogen-bond donors (Lipinski definition) is 2. The van der Waals surface area contributed by atoms with Crippen LogP contribution < -0.4 is 20.5 Å². The van der Waals surface area contributed by atoms with E-state index in [1.165, 1.54) is 25.7 Å². The minimum atomic E-state index is -0.231. The second-order valence-electron chi connectivity index (χ2n) is 9.21. The van der Waals surface area contributed by atoms with E-state index in [4.69, 9.17) is 15.2 Å². The standard InChI is InChI=1S/C22H36N6O2/c1-22(2,3)28-21(25-26-27-28)20(17-9-10-18(29-4)19(12-17)30-5)24-14-16-8-6-7-15(11-16)13-23/h9-10,12,15-16,20,24H,6-8,11,13-14,23H2,1-5H3. The molecule has 1 aromatic carbocycles. The molecule has 3 atom stereocenters. The summed E-state index contributed by atoms with van der Waals surface area (Å²) in [6.07, 6.45) is 4.89. The van der Waals surface area contributed by atoms with Crippen LogP contribution in [0, 0.1) is 11.8 Å². The molecule has 1 heterocycles. The molecule has 0 saturated heterocycles. The summed E-state index contributed by atoms with van der Waals surface area (Å²) in [6.45, 7) is 7.98.